The molecule has 1 fully saturated rings. The van der Waals surface area contributed by atoms with Crippen molar-refractivity contribution in [1.82, 2.24) is 14.8 Å². The van der Waals surface area contributed by atoms with Crippen LogP contribution in [0.15, 0.2) is 5.10 Å². The first-order valence-electron chi connectivity index (χ1n) is 5.19. The number of hydrogen-bond acceptors (Lipinski definition) is 6. The molecule has 0 aromatic carbocycles. The maximum atomic E-state index is 10.6. The molecule has 3 rings (SSSR count). The van der Waals surface area contributed by atoms with Crippen LogP contribution in [-0.2, 0) is 0 Å². The van der Waals surface area contributed by atoms with Gasteiger partial charge in [0.2, 0.25) is 0 Å². The third-order valence-electron chi connectivity index (χ3n) is 2.92. The lowest BCUT2D eigenvalue weighted by molar-refractivity contribution is -0.394. The standard InChI is InChI=1S/C8H10N6O2/c15-14(16)8-9-7-11-10-5-3-1-2-4-6(5)13(7)12-8/h6H,1-4H2,(H,9,11,12)/t6-/m0/s1. The molecule has 1 saturated carbocycles. The fraction of sp³-hybridized carbons (Fsp3) is 0.625. The average molecular weight is 222 g/mol. The van der Waals surface area contributed by atoms with Crippen LogP contribution in [0.25, 0.3) is 0 Å². The van der Waals surface area contributed by atoms with Crippen LogP contribution in [0.2, 0.25) is 0 Å². The molecule has 1 aliphatic carbocycles. The van der Waals surface area contributed by atoms with E-state index in [1.54, 1.807) is 4.68 Å². The van der Waals surface area contributed by atoms with Crippen molar-refractivity contribution < 1.29 is 4.92 Å². The van der Waals surface area contributed by atoms with Crippen LogP contribution in [0, 0.1) is 10.1 Å². The smallest absolute Gasteiger partial charge is 0.390 e. The molecule has 1 aromatic rings. The van der Waals surface area contributed by atoms with Gasteiger partial charge >= 0.3 is 11.9 Å². The lowest BCUT2D eigenvalue weighted by Gasteiger charge is -2.25. The average Bonchev–Trinajstić information content (AvgIpc) is 2.73. The van der Waals surface area contributed by atoms with Gasteiger partial charge < -0.3 is 10.1 Å². The zero-order valence-corrected chi connectivity index (χ0v) is 8.46. The van der Waals surface area contributed by atoms with E-state index in [2.05, 4.69) is 20.6 Å². The zero-order valence-electron chi connectivity index (χ0n) is 8.46. The Hall–Kier alpha value is -1.99. The molecule has 0 unspecified atom stereocenters. The summed E-state index contributed by atoms with van der Waals surface area (Å²) in [6.45, 7) is 0. The van der Waals surface area contributed by atoms with Crippen LogP contribution in [0.1, 0.15) is 31.7 Å². The highest BCUT2D eigenvalue weighted by molar-refractivity contribution is 5.90. The SMILES string of the molecule is O=[N+]([O-])c1nc2n(n1)[C@H]1CCCCC1=NN2. The first-order chi connectivity index (χ1) is 7.75. The normalized spacial score (nSPS) is 22.8. The van der Waals surface area contributed by atoms with Crippen LogP contribution in [0.3, 0.4) is 0 Å². The second-order valence-corrected chi connectivity index (χ2v) is 3.91. The molecule has 0 spiro atoms. The highest BCUT2D eigenvalue weighted by Gasteiger charge is 2.34. The summed E-state index contributed by atoms with van der Waals surface area (Å²) in [6.07, 6.45) is 4.05. The highest BCUT2D eigenvalue weighted by atomic mass is 16.6. The summed E-state index contributed by atoms with van der Waals surface area (Å²) >= 11 is 0. The molecule has 1 aliphatic heterocycles. The summed E-state index contributed by atoms with van der Waals surface area (Å²) in [6, 6.07) is 0.0474. The number of hydrazone groups is 1. The van der Waals surface area contributed by atoms with Crippen molar-refractivity contribution in [3.05, 3.63) is 10.1 Å². The molecule has 16 heavy (non-hydrogen) atoms. The summed E-state index contributed by atoms with van der Waals surface area (Å²) in [7, 11) is 0. The minimum atomic E-state index is -0.588. The van der Waals surface area contributed by atoms with Crippen molar-refractivity contribution in [2.24, 2.45) is 5.10 Å². The third-order valence-corrected chi connectivity index (χ3v) is 2.92. The van der Waals surface area contributed by atoms with E-state index in [1.165, 1.54) is 0 Å². The van der Waals surface area contributed by atoms with E-state index >= 15 is 0 Å². The van der Waals surface area contributed by atoms with Gasteiger partial charge in [-0.05, 0) is 29.2 Å². The minimum Gasteiger partial charge on any atom is -0.390 e. The van der Waals surface area contributed by atoms with Gasteiger partial charge in [0.1, 0.15) is 6.04 Å². The molecule has 2 heterocycles. The molecule has 1 N–H and O–H groups in total. The molecule has 1 aromatic heterocycles. The number of fused-ring (bicyclic) bond motifs is 3. The van der Waals surface area contributed by atoms with Crippen LogP contribution < -0.4 is 5.43 Å². The molecular formula is C8H10N6O2. The topological polar surface area (TPSA) is 98.2 Å². The molecule has 0 bridgehead atoms. The van der Waals surface area contributed by atoms with E-state index in [0.717, 1.165) is 31.4 Å². The van der Waals surface area contributed by atoms with Crippen LogP contribution in [-0.4, -0.2) is 25.4 Å². The Morgan fingerprint density at radius 2 is 2.38 bits per heavy atom. The van der Waals surface area contributed by atoms with Crippen molar-refractivity contribution in [1.29, 1.82) is 0 Å². The molecule has 0 amide bonds. The lowest BCUT2D eigenvalue weighted by Crippen LogP contribution is -2.29. The van der Waals surface area contributed by atoms with E-state index in [-0.39, 0.29) is 12.0 Å². The predicted molar refractivity (Wildman–Crippen MR) is 55.2 cm³/mol. The van der Waals surface area contributed by atoms with Crippen LogP contribution >= 0.6 is 0 Å². The first-order valence-corrected chi connectivity index (χ1v) is 5.19. The number of nitrogens with one attached hydrogen (secondary N) is 1. The maximum Gasteiger partial charge on any atom is 0.493 e. The minimum absolute atomic E-state index is 0.0474. The van der Waals surface area contributed by atoms with Gasteiger partial charge in [-0.2, -0.15) is 5.10 Å². The van der Waals surface area contributed by atoms with E-state index in [1.807, 2.05) is 0 Å². The van der Waals surface area contributed by atoms with Crippen LogP contribution in [0.5, 0.6) is 0 Å². The van der Waals surface area contributed by atoms with E-state index in [0.29, 0.717) is 5.95 Å². The van der Waals surface area contributed by atoms with Gasteiger partial charge in [-0.1, -0.05) is 6.42 Å². The Bertz CT molecular complexity index is 479. The monoisotopic (exact) mass is 222 g/mol. The fourth-order valence-electron chi connectivity index (χ4n) is 2.18. The van der Waals surface area contributed by atoms with Gasteiger partial charge in [0.05, 0.1) is 5.71 Å². The summed E-state index contributed by atoms with van der Waals surface area (Å²) in [5.41, 5.74) is 3.72. The fourth-order valence-corrected chi connectivity index (χ4v) is 2.18. The second kappa shape index (κ2) is 3.26. The van der Waals surface area contributed by atoms with Crippen LogP contribution in [0.4, 0.5) is 11.9 Å². The quantitative estimate of drug-likeness (QED) is 0.566. The van der Waals surface area contributed by atoms with Crippen molar-refractivity contribution >= 4 is 17.6 Å². The highest BCUT2D eigenvalue weighted by Crippen LogP contribution is 2.31. The summed E-state index contributed by atoms with van der Waals surface area (Å²) < 4.78 is 1.58. The molecule has 1 atom stereocenters. The second-order valence-electron chi connectivity index (χ2n) is 3.91. The van der Waals surface area contributed by atoms with E-state index < -0.39 is 4.92 Å². The van der Waals surface area contributed by atoms with Gasteiger partial charge in [0, 0.05) is 5.10 Å². The largest absolute Gasteiger partial charge is 0.493 e. The molecule has 8 heteroatoms. The molecule has 84 valence electrons. The Morgan fingerprint density at radius 1 is 1.50 bits per heavy atom. The Morgan fingerprint density at radius 3 is 3.19 bits per heavy atom. The molecular weight excluding hydrogens is 212 g/mol. The lowest BCUT2D eigenvalue weighted by atomic mass is 9.93. The summed E-state index contributed by atoms with van der Waals surface area (Å²) in [5, 5.41) is 18.7. The molecule has 0 saturated heterocycles. The van der Waals surface area contributed by atoms with Crippen molar-refractivity contribution in [2.45, 2.75) is 31.7 Å². The number of nitrogens with zero attached hydrogens (tertiary/aromatic N) is 5. The number of hydrogen-bond donors (Lipinski definition) is 1. The van der Waals surface area contributed by atoms with Gasteiger partial charge in [-0.25, -0.2) is 5.43 Å². The van der Waals surface area contributed by atoms with Gasteiger partial charge in [0.25, 0.3) is 0 Å². The molecule has 8 nitrogen and oxygen atoms in total. The van der Waals surface area contributed by atoms with E-state index in [4.69, 9.17) is 0 Å². The summed E-state index contributed by atoms with van der Waals surface area (Å²) in [5.74, 6) is -0.00752. The van der Waals surface area contributed by atoms with Crippen molar-refractivity contribution in [3.63, 3.8) is 0 Å². The Balaban J connectivity index is 2.01. The first kappa shape index (κ1) is 9.25. The van der Waals surface area contributed by atoms with Gasteiger partial charge in [-0.3, -0.25) is 0 Å². The van der Waals surface area contributed by atoms with Crippen molar-refractivity contribution in [3.8, 4) is 0 Å². The molecule has 2 aliphatic rings. The molecule has 0 radical (unpaired) electrons. The van der Waals surface area contributed by atoms with Gasteiger partial charge in [0.15, 0.2) is 0 Å². The van der Waals surface area contributed by atoms with Crippen molar-refractivity contribution in [2.75, 3.05) is 5.43 Å². The Kier molecular flexibility index (Phi) is 1.88. The zero-order chi connectivity index (χ0) is 11.1. The number of rotatable bonds is 1. The number of aromatic nitrogens is 3. The number of anilines is 1. The Labute approximate surface area is 90.5 Å². The third kappa shape index (κ3) is 1.26. The van der Waals surface area contributed by atoms with E-state index in [9.17, 15) is 10.1 Å². The van der Waals surface area contributed by atoms with Gasteiger partial charge in [-0.15, -0.1) is 4.68 Å². The summed E-state index contributed by atoms with van der Waals surface area (Å²) in [4.78, 5) is 13.8. The predicted octanol–water partition coefficient (Wildman–Crippen LogP) is 1.08. The number of nitro groups is 1. The maximum absolute atomic E-state index is 10.6.